The molecule has 0 atom stereocenters. The molecule has 3 N–H and O–H groups in total. The molecule has 2 rings (SSSR count). The van der Waals surface area contributed by atoms with Crippen LogP contribution >= 0.6 is 0 Å². The van der Waals surface area contributed by atoms with Crippen LogP contribution in [0.3, 0.4) is 0 Å². The molecule has 3 heteroatoms. The van der Waals surface area contributed by atoms with Gasteiger partial charge in [-0.3, -0.25) is 0 Å². The number of halogens is 1. The first-order valence-corrected chi connectivity index (χ1v) is 3.59. The Balaban J connectivity index is 2.60. The predicted molar refractivity (Wildman–Crippen MR) is 43.0 cm³/mol. The second kappa shape index (κ2) is 2.12. The number of nitrogens with two attached hydrogens (primary N) is 1. The summed E-state index contributed by atoms with van der Waals surface area (Å²) in [6.45, 7) is 0.815. The third-order valence-corrected chi connectivity index (χ3v) is 1.91. The molecule has 1 heterocycles. The fourth-order valence-electron chi connectivity index (χ4n) is 1.39. The van der Waals surface area contributed by atoms with Gasteiger partial charge in [-0.05, 0) is 18.6 Å². The molecule has 0 fully saturated rings. The van der Waals surface area contributed by atoms with Gasteiger partial charge in [-0.2, -0.15) is 0 Å². The van der Waals surface area contributed by atoms with E-state index in [0.29, 0.717) is 5.69 Å². The van der Waals surface area contributed by atoms with Gasteiger partial charge in [0, 0.05) is 23.5 Å². The van der Waals surface area contributed by atoms with E-state index in [1.165, 1.54) is 6.07 Å². The van der Waals surface area contributed by atoms with Crippen molar-refractivity contribution in [2.24, 2.45) is 0 Å². The predicted octanol–water partition coefficient (Wildman–Crippen LogP) is 1.38. The van der Waals surface area contributed by atoms with Crippen LogP contribution in [0.1, 0.15) is 5.56 Å². The summed E-state index contributed by atoms with van der Waals surface area (Å²) in [6, 6.07) is 3.14. The van der Waals surface area contributed by atoms with Crippen molar-refractivity contribution in [2.45, 2.75) is 6.42 Å². The quantitative estimate of drug-likeness (QED) is 0.551. The van der Waals surface area contributed by atoms with Crippen LogP contribution in [0.4, 0.5) is 15.8 Å². The molecule has 0 saturated heterocycles. The number of hydrogen-bond acceptors (Lipinski definition) is 2. The Bertz CT molecular complexity index is 296. The Kier molecular flexibility index (Phi) is 1.24. The van der Waals surface area contributed by atoms with E-state index < -0.39 is 0 Å². The summed E-state index contributed by atoms with van der Waals surface area (Å²) in [6.07, 6.45) is 0.765. The highest BCUT2D eigenvalue weighted by atomic mass is 19.1. The summed E-state index contributed by atoms with van der Waals surface area (Å²) in [5.41, 5.74) is 7.55. The van der Waals surface area contributed by atoms with Crippen molar-refractivity contribution in [3.8, 4) is 0 Å². The van der Waals surface area contributed by atoms with Crippen molar-refractivity contribution in [3.63, 3.8) is 0 Å². The number of nitrogen functional groups attached to an aromatic ring is 1. The SMILES string of the molecule is Nc1cc(F)c2c(c1)NCC2. The van der Waals surface area contributed by atoms with E-state index in [-0.39, 0.29) is 5.82 Å². The lowest BCUT2D eigenvalue weighted by Gasteiger charge is -2.01. The van der Waals surface area contributed by atoms with Gasteiger partial charge in [-0.15, -0.1) is 0 Å². The van der Waals surface area contributed by atoms with Crippen LogP contribution in [0.25, 0.3) is 0 Å². The number of fused-ring (bicyclic) bond motifs is 1. The summed E-state index contributed by atoms with van der Waals surface area (Å²) in [5, 5.41) is 3.06. The minimum absolute atomic E-state index is 0.190. The molecule has 11 heavy (non-hydrogen) atoms. The molecular formula is C8H9FN2. The lowest BCUT2D eigenvalue weighted by Crippen LogP contribution is -1.92. The van der Waals surface area contributed by atoms with Gasteiger partial charge < -0.3 is 11.1 Å². The standard InChI is InChI=1S/C8H9FN2/c9-7-3-5(10)4-8-6(7)1-2-11-8/h3-4,11H,1-2,10H2. The van der Waals surface area contributed by atoms with Crippen LogP contribution in [-0.4, -0.2) is 6.54 Å². The highest BCUT2D eigenvalue weighted by Crippen LogP contribution is 2.27. The maximum Gasteiger partial charge on any atom is 0.130 e. The Labute approximate surface area is 64.2 Å². The highest BCUT2D eigenvalue weighted by molar-refractivity contribution is 5.62. The average Bonchev–Trinajstić information content (AvgIpc) is 2.34. The second-order valence-electron chi connectivity index (χ2n) is 2.71. The van der Waals surface area contributed by atoms with Gasteiger partial charge >= 0.3 is 0 Å². The van der Waals surface area contributed by atoms with Gasteiger partial charge in [0.1, 0.15) is 5.82 Å². The Morgan fingerprint density at radius 1 is 1.45 bits per heavy atom. The van der Waals surface area contributed by atoms with E-state index in [0.717, 1.165) is 24.2 Å². The minimum Gasteiger partial charge on any atom is -0.399 e. The van der Waals surface area contributed by atoms with Gasteiger partial charge in [-0.25, -0.2) is 4.39 Å². The smallest absolute Gasteiger partial charge is 0.130 e. The summed E-state index contributed by atoms with van der Waals surface area (Å²) in [4.78, 5) is 0. The first-order valence-electron chi connectivity index (χ1n) is 3.59. The maximum absolute atomic E-state index is 13.0. The van der Waals surface area contributed by atoms with Gasteiger partial charge in [0.2, 0.25) is 0 Å². The van der Waals surface area contributed by atoms with Crippen molar-refractivity contribution in [1.82, 2.24) is 0 Å². The summed E-state index contributed by atoms with van der Waals surface area (Å²) in [7, 11) is 0. The molecule has 0 unspecified atom stereocenters. The van der Waals surface area contributed by atoms with E-state index in [9.17, 15) is 4.39 Å². The molecule has 0 radical (unpaired) electrons. The lowest BCUT2D eigenvalue weighted by atomic mass is 10.1. The maximum atomic E-state index is 13.0. The first kappa shape index (κ1) is 6.46. The third kappa shape index (κ3) is 0.926. The number of rotatable bonds is 0. The average molecular weight is 152 g/mol. The van der Waals surface area contributed by atoms with Crippen molar-refractivity contribution in [3.05, 3.63) is 23.5 Å². The Morgan fingerprint density at radius 2 is 2.27 bits per heavy atom. The Hall–Kier alpha value is -1.25. The molecule has 0 saturated carbocycles. The topological polar surface area (TPSA) is 38.0 Å². The zero-order chi connectivity index (χ0) is 7.84. The fraction of sp³-hybridized carbons (Fsp3) is 0.250. The first-order chi connectivity index (χ1) is 5.27. The molecule has 0 spiro atoms. The minimum atomic E-state index is -0.190. The summed E-state index contributed by atoms with van der Waals surface area (Å²) >= 11 is 0. The van der Waals surface area contributed by atoms with Crippen molar-refractivity contribution < 1.29 is 4.39 Å². The monoisotopic (exact) mass is 152 g/mol. The number of anilines is 2. The van der Waals surface area contributed by atoms with Crippen LogP contribution in [0.15, 0.2) is 12.1 Å². The van der Waals surface area contributed by atoms with E-state index in [1.54, 1.807) is 6.07 Å². The zero-order valence-electron chi connectivity index (χ0n) is 6.02. The van der Waals surface area contributed by atoms with Crippen LogP contribution < -0.4 is 11.1 Å². The van der Waals surface area contributed by atoms with Crippen LogP contribution in [0.2, 0.25) is 0 Å². The van der Waals surface area contributed by atoms with Crippen molar-refractivity contribution in [1.29, 1.82) is 0 Å². The van der Waals surface area contributed by atoms with Crippen LogP contribution in [-0.2, 0) is 6.42 Å². The normalized spacial score (nSPS) is 14.3. The molecule has 1 aromatic rings. The van der Waals surface area contributed by atoms with Gasteiger partial charge in [0.15, 0.2) is 0 Å². The van der Waals surface area contributed by atoms with Crippen molar-refractivity contribution >= 4 is 11.4 Å². The highest BCUT2D eigenvalue weighted by Gasteiger charge is 2.14. The molecule has 0 aliphatic carbocycles. The van der Waals surface area contributed by atoms with E-state index in [4.69, 9.17) is 5.73 Å². The molecule has 58 valence electrons. The van der Waals surface area contributed by atoms with Crippen LogP contribution in [0.5, 0.6) is 0 Å². The molecule has 0 bridgehead atoms. The number of benzene rings is 1. The van der Waals surface area contributed by atoms with E-state index in [2.05, 4.69) is 5.32 Å². The number of hydrogen-bond donors (Lipinski definition) is 2. The largest absolute Gasteiger partial charge is 0.399 e. The summed E-state index contributed by atoms with van der Waals surface area (Å²) in [5.74, 6) is -0.190. The molecule has 1 aromatic carbocycles. The van der Waals surface area contributed by atoms with Gasteiger partial charge in [-0.1, -0.05) is 0 Å². The number of nitrogens with one attached hydrogen (secondary N) is 1. The fourth-order valence-corrected chi connectivity index (χ4v) is 1.39. The van der Waals surface area contributed by atoms with Crippen molar-refractivity contribution in [2.75, 3.05) is 17.6 Å². The zero-order valence-corrected chi connectivity index (χ0v) is 6.02. The molecule has 1 aliphatic rings. The molecule has 1 aliphatic heterocycles. The van der Waals surface area contributed by atoms with Gasteiger partial charge in [0.25, 0.3) is 0 Å². The molecule has 2 nitrogen and oxygen atoms in total. The molecule has 0 aromatic heterocycles. The lowest BCUT2D eigenvalue weighted by molar-refractivity contribution is 0.616. The second-order valence-corrected chi connectivity index (χ2v) is 2.71. The van der Waals surface area contributed by atoms with Crippen LogP contribution in [0, 0.1) is 5.82 Å². The summed E-state index contributed by atoms with van der Waals surface area (Å²) < 4.78 is 13.0. The van der Waals surface area contributed by atoms with Gasteiger partial charge in [0.05, 0.1) is 0 Å². The molecule has 0 amide bonds. The molecular weight excluding hydrogens is 143 g/mol. The van der Waals surface area contributed by atoms with E-state index >= 15 is 0 Å². The Morgan fingerprint density at radius 3 is 3.09 bits per heavy atom. The van der Waals surface area contributed by atoms with E-state index in [1.807, 2.05) is 0 Å². The third-order valence-electron chi connectivity index (χ3n) is 1.91.